The fraction of sp³-hybridized carbons (Fsp3) is 0.885. The van der Waals surface area contributed by atoms with Crippen LogP contribution in [-0.2, 0) is 9.59 Å². The Kier molecular flexibility index (Phi) is 36.8. The van der Waals surface area contributed by atoms with Crippen molar-refractivity contribution in [1.82, 2.24) is 0 Å². The van der Waals surface area contributed by atoms with Crippen molar-refractivity contribution in [3.05, 3.63) is 6.92 Å². The Labute approximate surface area is 215 Å². The first-order valence-electron chi connectivity index (χ1n) is 12.8. The molecule has 0 aliphatic rings. The summed E-state index contributed by atoms with van der Waals surface area (Å²) in [6.45, 7) is 6.20. The third-order valence-electron chi connectivity index (χ3n) is 5.41. The molecule has 0 atom stereocenters. The SMILES string of the molecule is O=C(O)CCC(=O)O.[CH2-]CCCCCCCCCCCCCCCCCCCCC.[Na+]. The zero-order valence-corrected chi connectivity index (χ0v) is 23.0. The largest absolute Gasteiger partial charge is 1.00 e. The average Bonchev–Trinajstić information content (AvgIpc) is 2.72. The van der Waals surface area contributed by atoms with Gasteiger partial charge in [0.05, 0.1) is 12.8 Å². The first-order chi connectivity index (χ1) is 14.5. The summed E-state index contributed by atoms with van der Waals surface area (Å²) in [7, 11) is 0. The van der Waals surface area contributed by atoms with Crippen LogP contribution in [0.3, 0.4) is 0 Å². The Morgan fingerprint density at radius 1 is 0.516 bits per heavy atom. The molecule has 0 amide bonds. The van der Waals surface area contributed by atoms with E-state index in [0.29, 0.717) is 0 Å². The summed E-state index contributed by atoms with van der Waals surface area (Å²) in [6.07, 6.45) is 28.2. The smallest absolute Gasteiger partial charge is 0.481 e. The second-order valence-electron chi connectivity index (χ2n) is 8.50. The number of rotatable bonds is 22. The molecule has 5 heteroatoms. The van der Waals surface area contributed by atoms with Gasteiger partial charge < -0.3 is 17.1 Å². The van der Waals surface area contributed by atoms with E-state index in [1.165, 1.54) is 122 Å². The molecule has 0 saturated heterocycles. The summed E-state index contributed by atoms with van der Waals surface area (Å²) in [5, 5.41) is 15.8. The molecule has 31 heavy (non-hydrogen) atoms. The third-order valence-corrected chi connectivity index (χ3v) is 5.41. The van der Waals surface area contributed by atoms with E-state index in [0.717, 1.165) is 6.42 Å². The zero-order chi connectivity index (χ0) is 22.7. The van der Waals surface area contributed by atoms with E-state index < -0.39 is 11.9 Å². The van der Waals surface area contributed by atoms with Crippen LogP contribution < -0.4 is 29.6 Å². The van der Waals surface area contributed by atoms with Gasteiger partial charge in [-0.05, 0) is 0 Å². The minimum atomic E-state index is -1.08. The van der Waals surface area contributed by atoms with Crippen molar-refractivity contribution in [3.63, 3.8) is 0 Å². The quantitative estimate of drug-likeness (QED) is 0.128. The van der Waals surface area contributed by atoms with Crippen LogP contribution in [0.15, 0.2) is 0 Å². The molecule has 0 saturated carbocycles. The van der Waals surface area contributed by atoms with Crippen molar-refractivity contribution in [3.8, 4) is 0 Å². The van der Waals surface area contributed by atoms with Crippen molar-refractivity contribution in [2.24, 2.45) is 0 Å². The van der Waals surface area contributed by atoms with Gasteiger partial charge in [0.1, 0.15) is 0 Å². The van der Waals surface area contributed by atoms with Crippen LogP contribution in [0, 0.1) is 6.92 Å². The van der Waals surface area contributed by atoms with Crippen molar-refractivity contribution < 1.29 is 49.4 Å². The molecule has 2 N–H and O–H groups in total. The van der Waals surface area contributed by atoms with Gasteiger partial charge in [-0.15, -0.1) is 0 Å². The molecule has 0 radical (unpaired) electrons. The van der Waals surface area contributed by atoms with Crippen LogP contribution >= 0.6 is 0 Å². The number of carbonyl (C=O) groups is 2. The van der Waals surface area contributed by atoms with Gasteiger partial charge in [-0.25, -0.2) is 0 Å². The van der Waals surface area contributed by atoms with E-state index in [1.54, 1.807) is 0 Å². The Bertz CT molecular complexity index is 327. The van der Waals surface area contributed by atoms with Gasteiger partial charge in [-0.1, -0.05) is 129 Å². The fourth-order valence-corrected chi connectivity index (χ4v) is 3.47. The molecule has 0 unspecified atom stereocenters. The molecule has 0 aliphatic carbocycles. The van der Waals surface area contributed by atoms with Gasteiger partial charge >= 0.3 is 41.5 Å². The molecular weight excluding hydrogens is 399 g/mol. The standard InChI is InChI=1S/C22H45.C4H6O4.Na/c1-3-5-7-9-11-13-15-17-19-21-22-20-18-16-14-12-10-8-6-4-2;5-3(6)1-2-4(7)8;/h1,3-22H2,2H3;1-2H2,(H,5,6)(H,7,8);/q-1;;+1. The molecule has 0 rings (SSSR count). The first-order valence-corrected chi connectivity index (χ1v) is 12.8. The van der Waals surface area contributed by atoms with E-state index in [4.69, 9.17) is 10.2 Å². The summed E-state index contributed by atoms with van der Waals surface area (Å²) in [5.41, 5.74) is 0. The maximum Gasteiger partial charge on any atom is 1.00 e. The Morgan fingerprint density at radius 3 is 0.935 bits per heavy atom. The zero-order valence-electron chi connectivity index (χ0n) is 21.0. The van der Waals surface area contributed by atoms with Crippen LogP contribution in [0.4, 0.5) is 0 Å². The minimum Gasteiger partial charge on any atom is -0.481 e. The third kappa shape index (κ3) is 40.8. The minimum absolute atomic E-state index is 0. The van der Waals surface area contributed by atoms with Crippen LogP contribution in [-0.4, -0.2) is 22.2 Å². The van der Waals surface area contributed by atoms with Gasteiger partial charge in [0.15, 0.2) is 0 Å². The normalized spacial score (nSPS) is 10.1. The molecule has 0 aromatic carbocycles. The van der Waals surface area contributed by atoms with E-state index in [2.05, 4.69) is 13.8 Å². The maximum atomic E-state index is 9.64. The predicted octanol–water partition coefficient (Wildman–Crippen LogP) is 5.58. The monoisotopic (exact) mass is 450 g/mol. The molecule has 180 valence electrons. The summed E-state index contributed by atoms with van der Waals surface area (Å²) in [6, 6.07) is 0. The Balaban J connectivity index is -0.000000739. The molecule has 0 heterocycles. The first kappa shape index (κ1) is 35.5. The van der Waals surface area contributed by atoms with Crippen molar-refractivity contribution in [2.45, 2.75) is 148 Å². The molecule has 0 aliphatic heterocycles. The number of hydrogen-bond acceptors (Lipinski definition) is 2. The van der Waals surface area contributed by atoms with E-state index in [1.807, 2.05) is 0 Å². The number of aliphatic carboxylic acids is 2. The Hall–Kier alpha value is -0.0600. The van der Waals surface area contributed by atoms with Crippen molar-refractivity contribution >= 4 is 11.9 Å². The van der Waals surface area contributed by atoms with Crippen LogP contribution in [0.2, 0.25) is 0 Å². The number of hydrogen-bond donors (Lipinski definition) is 2. The van der Waals surface area contributed by atoms with E-state index in [-0.39, 0.29) is 42.4 Å². The maximum absolute atomic E-state index is 9.64. The van der Waals surface area contributed by atoms with Crippen LogP contribution in [0.1, 0.15) is 148 Å². The summed E-state index contributed by atoms with van der Waals surface area (Å²) < 4.78 is 0. The van der Waals surface area contributed by atoms with E-state index in [9.17, 15) is 9.59 Å². The number of unbranched alkanes of at least 4 members (excludes halogenated alkanes) is 19. The molecular formula is C26H51NaO4. The van der Waals surface area contributed by atoms with Gasteiger partial charge in [-0.2, -0.15) is 6.42 Å². The van der Waals surface area contributed by atoms with Crippen molar-refractivity contribution in [2.75, 3.05) is 0 Å². The van der Waals surface area contributed by atoms with Crippen LogP contribution in [0.25, 0.3) is 0 Å². The molecule has 0 bridgehead atoms. The van der Waals surface area contributed by atoms with Crippen LogP contribution in [0.5, 0.6) is 0 Å². The number of carboxylic acid groups (broad SMARTS) is 2. The molecule has 0 spiro atoms. The predicted molar refractivity (Wildman–Crippen MR) is 128 cm³/mol. The topological polar surface area (TPSA) is 74.6 Å². The second-order valence-corrected chi connectivity index (χ2v) is 8.50. The van der Waals surface area contributed by atoms with Gasteiger partial charge in [-0.3, -0.25) is 9.59 Å². The van der Waals surface area contributed by atoms with Gasteiger partial charge in [0.25, 0.3) is 0 Å². The summed E-state index contributed by atoms with van der Waals surface area (Å²) >= 11 is 0. The fourth-order valence-electron chi connectivity index (χ4n) is 3.47. The van der Waals surface area contributed by atoms with Gasteiger partial charge in [0.2, 0.25) is 0 Å². The molecule has 0 fully saturated rings. The summed E-state index contributed by atoms with van der Waals surface area (Å²) in [4.78, 5) is 19.3. The molecule has 0 aromatic rings. The number of carboxylic acids is 2. The molecule has 4 nitrogen and oxygen atoms in total. The van der Waals surface area contributed by atoms with Crippen molar-refractivity contribution in [1.29, 1.82) is 0 Å². The molecule has 0 aromatic heterocycles. The Morgan fingerprint density at radius 2 is 0.742 bits per heavy atom. The second kappa shape index (κ2) is 32.1. The summed E-state index contributed by atoms with van der Waals surface area (Å²) in [5.74, 6) is -2.15. The van der Waals surface area contributed by atoms with Gasteiger partial charge in [0, 0.05) is 0 Å². The van der Waals surface area contributed by atoms with E-state index >= 15 is 0 Å². The average molecular weight is 451 g/mol.